The summed E-state index contributed by atoms with van der Waals surface area (Å²) in [6, 6.07) is 0.0412. The molecule has 2 N–H and O–H groups in total. The number of carbonyl (C=O) groups excluding carboxylic acids is 1. The molecule has 0 aromatic rings. The fraction of sp³-hybridized carbons (Fsp3) is 0.833. The topological polar surface area (TPSA) is 69.6 Å². The molecule has 2 aliphatic rings. The van der Waals surface area contributed by atoms with Crippen LogP contribution < -0.4 is 5.32 Å². The summed E-state index contributed by atoms with van der Waals surface area (Å²) in [6.07, 6.45) is 3.40. The predicted molar refractivity (Wildman–Crippen MR) is 62.7 cm³/mol. The smallest absolute Gasteiger partial charge is 0.329 e. The molecule has 0 aromatic carbocycles. The minimum atomic E-state index is -1.03. The molecule has 2 amide bonds. The van der Waals surface area contributed by atoms with Gasteiger partial charge in [-0.2, -0.15) is 0 Å². The van der Waals surface area contributed by atoms with Crippen molar-refractivity contribution in [2.45, 2.75) is 51.1 Å². The summed E-state index contributed by atoms with van der Waals surface area (Å²) >= 11 is 0. The Morgan fingerprint density at radius 2 is 2.24 bits per heavy atom. The van der Waals surface area contributed by atoms with Gasteiger partial charge in [-0.25, -0.2) is 9.59 Å². The van der Waals surface area contributed by atoms with E-state index in [2.05, 4.69) is 12.2 Å². The van der Waals surface area contributed by atoms with Crippen molar-refractivity contribution in [2.24, 2.45) is 5.92 Å². The Bertz CT molecular complexity index is 345. The minimum absolute atomic E-state index is 0.214. The van der Waals surface area contributed by atoms with Crippen molar-refractivity contribution in [1.82, 2.24) is 10.2 Å². The number of hydrogen-bond donors (Lipinski definition) is 2. The Kier molecular flexibility index (Phi) is 3.02. The van der Waals surface area contributed by atoms with Crippen LogP contribution in [0.25, 0.3) is 0 Å². The number of carboxylic acid groups (broad SMARTS) is 1. The molecule has 1 saturated carbocycles. The molecule has 1 aliphatic heterocycles. The highest BCUT2D eigenvalue weighted by Gasteiger charge is 2.47. The van der Waals surface area contributed by atoms with Gasteiger partial charge >= 0.3 is 12.0 Å². The number of carboxylic acids is 1. The van der Waals surface area contributed by atoms with Crippen LogP contribution in [0.4, 0.5) is 4.79 Å². The van der Waals surface area contributed by atoms with Gasteiger partial charge in [0.05, 0.1) is 0 Å². The Labute approximate surface area is 101 Å². The molecule has 0 spiro atoms. The Balaban J connectivity index is 1.97. The number of likely N-dealkylation sites (tertiary alicyclic amines) is 1. The summed E-state index contributed by atoms with van der Waals surface area (Å²) in [6.45, 7) is 4.28. The van der Waals surface area contributed by atoms with E-state index in [1.54, 1.807) is 6.92 Å². The highest BCUT2D eigenvalue weighted by atomic mass is 16.4. The number of nitrogens with one attached hydrogen (secondary N) is 1. The largest absolute Gasteiger partial charge is 0.480 e. The summed E-state index contributed by atoms with van der Waals surface area (Å²) < 4.78 is 0. The van der Waals surface area contributed by atoms with Crippen LogP contribution in [0.2, 0.25) is 0 Å². The highest BCUT2D eigenvalue weighted by Crippen LogP contribution is 2.35. The van der Waals surface area contributed by atoms with Crippen LogP contribution >= 0.6 is 0 Å². The molecule has 3 atom stereocenters. The van der Waals surface area contributed by atoms with E-state index in [4.69, 9.17) is 0 Å². The molecule has 2 fully saturated rings. The van der Waals surface area contributed by atoms with Crippen LogP contribution in [0.1, 0.15) is 39.5 Å². The van der Waals surface area contributed by atoms with Crippen molar-refractivity contribution in [3.63, 3.8) is 0 Å². The van der Waals surface area contributed by atoms with E-state index in [1.807, 2.05) is 0 Å². The summed E-state index contributed by atoms with van der Waals surface area (Å²) in [4.78, 5) is 24.7. The third-order valence-electron chi connectivity index (χ3n) is 4.10. The average molecular weight is 240 g/mol. The van der Waals surface area contributed by atoms with Gasteiger partial charge in [0.1, 0.15) is 5.54 Å². The fourth-order valence-electron chi connectivity index (χ4n) is 2.62. The molecule has 5 nitrogen and oxygen atoms in total. The van der Waals surface area contributed by atoms with Crippen molar-refractivity contribution in [2.75, 3.05) is 6.54 Å². The van der Waals surface area contributed by atoms with Crippen LogP contribution in [-0.2, 0) is 4.79 Å². The Hall–Kier alpha value is -1.26. The van der Waals surface area contributed by atoms with E-state index in [1.165, 1.54) is 4.90 Å². The predicted octanol–water partition coefficient (Wildman–Crippen LogP) is 1.43. The molecule has 0 radical (unpaired) electrons. The zero-order valence-corrected chi connectivity index (χ0v) is 10.4. The molecule has 0 bridgehead atoms. The van der Waals surface area contributed by atoms with Gasteiger partial charge in [0.15, 0.2) is 0 Å². The maximum Gasteiger partial charge on any atom is 0.329 e. The molecule has 96 valence electrons. The van der Waals surface area contributed by atoms with Crippen LogP contribution in [0, 0.1) is 5.92 Å². The molecule has 2 rings (SSSR count). The average Bonchev–Trinajstić information content (AvgIpc) is 2.89. The second-order valence-electron chi connectivity index (χ2n) is 5.29. The second-order valence-corrected chi connectivity index (χ2v) is 5.29. The molecule has 1 saturated heterocycles. The number of aliphatic carboxylic acids is 1. The van der Waals surface area contributed by atoms with Crippen molar-refractivity contribution in [3.05, 3.63) is 0 Å². The lowest BCUT2D eigenvalue weighted by Gasteiger charge is -2.31. The first-order valence-corrected chi connectivity index (χ1v) is 6.30. The number of nitrogens with zero attached hydrogens (tertiary/aromatic N) is 1. The standard InChI is InChI=1S/C12H20N2O3/c1-3-8-7-9(8)13-11(17)14-6-4-5-12(14,2)10(15)16/h8-9H,3-7H2,1-2H3,(H,13,17)(H,15,16). The monoisotopic (exact) mass is 240 g/mol. The molecule has 0 aromatic heterocycles. The second kappa shape index (κ2) is 4.20. The van der Waals surface area contributed by atoms with E-state index >= 15 is 0 Å². The van der Waals surface area contributed by atoms with Crippen LogP contribution in [-0.4, -0.2) is 40.1 Å². The lowest BCUT2D eigenvalue weighted by Crippen LogP contribution is -2.54. The summed E-state index contributed by atoms with van der Waals surface area (Å²) in [7, 11) is 0. The zero-order valence-electron chi connectivity index (χ0n) is 10.4. The maximum atomic E-state index is 12.0. The number of amides is 2. The lowest BCUT2D eigenvalue weighted by molar-refractivity contribution is -0.147. The van der Waals surface area contributed by atoms with E-state index in [-0.39, 0.29) is 12.1 Å². The number of hydrogen-bond acceptors (Lipinski definition) is 2. The van der Waals surface area contributed by atoms with Crippen molar-refractivity contribution in [1.29, 1.82) is 0 Å². The van der Waals surface area contributed by atoms with Crippen LogP contribution in [0.3, 0.4) is 0 Å². The quantitative estimate of drug-likeness (QED) is 0.784. The molecule has 1 aliphatic carbocycles. The summed E-state index contributed by atoms with van der Waals surface area (Å²) in [5, 5.41) is 12.1. The van der Waals surface area contributed by atoms with E-state index in [0.29, 0.717) is 18.9 Å². The molecule has 5 heteroatoms. The van der Waals surface area contributed by atoms with Gasteiger partial charge in [0.25, 0.3) is 0 Å². The van der Waals surface area contributed by atoms with Gasteiger partial charge < -0.3 is 15.3 Å². The van der Waals surface area contributed by atoms with Gasteiger partial charge in [0.2, 0.25) is 0 Å². The normalized spacial score (nSPS) is 35.8. The fourth-order valence-corrected chi connectivity index (χ4v) is 2.62. The van der Waals surface area contributed by atoms with Gasteiger partial charge in [-0.1, -0.05) is 13.3 Å². The SMILES string of the molecule is CCC1CC1NC(=O)N1CCCC1(C)C(=O)O. The summed E-state index contributed by atoms with van der Waals surface area (Å²) in [5.74, 6) is -0.328. The first-order valence-electron chi connectivity index (χ1n) is 6.30. The number of carbonyl (C=O) groups is 2. The maximum absolute atomic E-state index is 12.0. The number of rotatable bonds is 3. The zero-order chi connectivity index (χ0) is 12.6. The molecular weight excluding hydrogens is 220 g/mol. The van der Waals surface area contributed by atoms with Crippen molar-refractivity contribution >= 4 is 12.0 Å². The van der Waals surface area contributed by atoms with Crippen LogP contribution in [0.15, 0.2) is 0 Å². The minimum Gasteiger partial charge on any atom is -0.480 e. The van der Waals surface area contributed by atoms with Gasteiger partial charge in [0, 0.05) is 12.6 Å². The summed E-state index contributed by atoms with van der Waals surface area (Å²) in [5.41, 5.74) is -1.03. The molecule has 1 heterocycles. The lowest BCUT2D eigenvalue weighted by atomic mass is 10.00. The number of urea groups is 1. The Morgan fingerprint density at radius 3 is 2.76 bits per heavy atom. The van der Waals surface area contributed by atoms with E-state index < -0.39 is 11.5 Å². The van der Waals surface area contributed by atoms with Gasteiger partial charge in [-0.05, 0) is 32.1 Å². The third-order valence-corrected chi connectivity index (χ3v) is 4.10. The van der Waals surface area contributed by atoms with E-state index in [9.17, 15) is 14.7 Å². The van der Waals surface area contributed by atoms with Crippen LogP contribution in [0.5, 0.6) is 0 Å². The molecule has 3 unspecified atom stereocenters. The molecular formula is C12H20N2O3. The van der Waals surface area contributed by atoms with Crippen molar-refractivity contribution < 1.29 is 14.7 Å². The highest BCUT2D eigenvalue weighted by molar-refractivity contribution is 5.86. The molecule has 17 heavy (non-hydrogen) atoms. The third kappa shape index (κ3) is 2.10. The first kappa shape index (κ1) is 12.2. The van der Waals surface area contributed by atoms with E-state index in [0.717, 1.165) is 19.3 Å². The van der Waals surface area contributed by atoms with Crippen molar-refractivity contribution in [3.8, 4) is 0 Å². The first-order chi connectivity index (χ1) is 7.99. The van der Waals surface area contributed by atoms with Gasteiger partial charge in [-0.15, -0.1) is 0 Å². The Morgan fingerprint density at radius 1 is 1.53 bits per heavy atom. The van der Waals surface area contributed by atoms with Gasteiger partial charge in [-0.3, -0.25) is 0 Å².